The van der Waals surface area contributed by atoms with Crippen molar-refractivity contribution < 1.29 is 9.53 Å². The van der Waals surface area contributed by atoms with Crippen LogP contribution in [0.15, 0.2) is 24.3 Å². The smallest absolute Gasteiger partial charge is 0.310 e. The average Bonchev–Trinajstić information content (AvgIpc) is 2.83. The number of hydrogen-bond acceptors (Lipinski definition) is 3. The van der Waals surface area contributed by atoms with E-state index in [4.69, 9.17) is 16.3 Å². The van der Waals surface area contributed by atoms with E-state index < -0.39 is 0 Å². The molecule has 4 nitrogen and oxygen atoms in total. The van der Waals surface area contributed by atoms with E-state index in [0.29, 0.717) is 11.7 Å². The standard InChI is InChI=1S/C16H17ClN2O2/c1-10-4-3-5-11(8-10)15-18-14(17)13-7-6-12(9-19(13)15)16(20)21-2/h3-5,8,12H,6-7,9H2,1-2H3. The third-order valence-electron chi connectivity index (χ3n) is 3.97. The van der Waals surface area contributed by atoms with Gasteiger partial charge in [0.2, 0.25) is 0 Å². The van der Waals surface area contributed by atoms with E-state index in [9.17, 15) is 4.79 Å². The number of methoxy groups -OCH3 is 1. The van der Waals surface area contributed by atoms with Crippen LogP contribution in [0.4, 0.5) is 0 Å². The number of esters is 1. The van der Waals surface area contributed by atoms with Gasteiger partial charge in [0.15, 0.2) is 5.15 Å². The van der Waals surface area contributed by atoms with Gasteiger partial charge in [0, 0.05) is 12.1 Å². The fraction of sp³-hybridized carbons (Fsp3) is 0.375. The molecule has 0 saturated carbocycles. The minimum atomic E-state index is -0.166. The number of halogens is 1. The van der Waals surface area contributed by atoms with E-state index in [-0.39, 0.29) is 11.9 Å². The Hall–Kier alpha value is -1.81. The molecular formula is C16H17ClN2O2. The summed E-state index contributed by atoms with van der Waals surface area (Å²) in [6, 6.07) is 8.14. The van der Waals surface area contributed by atoms with Gasteiger partial charge in [-0.25, -0.2) is 4.98 Å². The fourth-order valence-corrected chi connectivity index (χ4v) is 3.15. The molecule has 2 aromatic rings. The summed E-state index contributed by atoms with van der Waals surface area (Å²) in [5.41, 5.74) is 3.20. The van der Waals surface area contributed by atoms with Crippen LogP contribution in [-0.4, -0.2) is 22.6 Å². The maximum Gasteiger partial charge on any atom is 0.310 e. The van der Waals surface area contributed by atoms with Crippen LogP contribution >= 0.6 is 11.6 Å². The highest BCUT2D eigenvalue weighted by Gasteiger charge is 2.29. The van der Waals surface area contributed by atoms with Gasteiger partial charge in [-0.3, -0.25) is 4.79 Å². The van der Waals surface area contributed by atoms with E-state index >= 15 is 0 Å². The zero-order valence-electron chi connectivity index (χ0n) is 12.1. The minimum Gasteiger partial charge on any atom is -0.469 e. The largest absolute Gasteiger partial charge is 0.469 e. The van der Waals surface area contributed by atoms with Gasteiger partial charge in [-0.1, -0.05) is 35.4 Å². The molecule has 0 saturated heterocycles. The molecule has 1 aromatic carbocycles. The number of fused-ring (bicyclic) bond motifs is 1. The Labute approximate surface area is 128 Å². The lowest BCUT2D eigenvalue weighted by molar-refractivity contribution is -0.146. The Balaban J connectivity index is 2.03. The third-order valence-corrected chi connectivity index (χ3v) is 4.27. The molecule has 21 heavy (non-hydrogen) atoms. The Morgan fingerprint density at radius 1 is 1.48 bits per heavy atom. The SMILES string of the molecule is COC(=O)C1CCc2c(Cl)nc(-c3cccc(C)c3)n2C1. The van der Waals surface area contributed by atoms with Gasteiger partial charge < -0.3 is 9.30 Å². The van der Waals surface area contributed by atoms with Gasteiger partial charge >= 0.3 is 5.97 Å². The predicted molar refractivity (Wildman–Crippen MR) is 81.2 cm³/mol. The highest BCUT2D eigenvalue weighted by Crippen LogP contribution is 2.32. The summed E-state index contributed by atoms with van der Waals surface area (Å²) in [4.78, 5) is 16.3. The molecule has 0 amide bonds. The molecule has 0 radical (unpaired) electrons. The van der Waals surface area contributed by atoms with Gasteiger partial charge in [0.1, 0.15) is 5.82 Å². The first-order valence-electron chi connectivity index (χ1n) is 7.00. The first-order chi connectivity index (χ1) is 10.1. The highest BCUT2D eigenvalue weighted by atomic mass is 35.5. The molecule has 110 valence electrons. The van der Waals surface area contributed by atoms with Crippen LogP contribution < -0.4 is 0 Å². The molecule has 1 unspecified atom stereocenters. The summed E-state index contributed by atoms with van der Waals surface area (Å²) in [7, 11) is 1.43. The van der Waals surface area contributed by atoms with E-state index in [1.807, 2.05) is 25.1 Å². The molecule has 1 aliphatic rings. The lowest BCUT2D eigenvalue weighted by atomic mass is 9.98. The van der Waals surface area contributed by atoms with Crippen LogP contribution in [0.25, 0.3) is 11.4 Å². The van der Waals surface area contributed by atoms with Crippen molar-refractivity contribution in [1.82, 2.24) is 9.55 Å². The number of ether oxygens (including phenoxy) is 1. The van der Waals surface area contributed by atoms with Crippen molar-refractivity contribution in [1.29, 1.82) is 0 Å². The number of aryl methyl sites for hydroxylation is 1. The molecule has 0 bridgehead atoms. The number of hydrogen-bond donors (Lipinski definition) is 0. The lowest BCUT2D eigenvalue weighted by Crippen LogP contribution is -2.28. The van der Waals surface area contributed by atoms with Gasteiger partial charge in [0.05, 0.1) is 18.7 Å². The lowest BCUT2D eigenvalue weighted by Gasteiger charge is -2.23. The second-order valence-corrected chi connectivity index (χ2v) is 5.77. The predicted octanol–water partition coefficient (Wildman–Crippen LogP) is 3.25. The van der Waals surface area contributed by atoms with Crippen molar-refractivity contribution in [2.75, 3.05) is 7.11 Å². The van der Waals surface area contributed by atoms with E-state index in [0.717, 1.165) is 29.9 Å². The van der Waals surface area contributed by atoms with Crippen LogP contribution in [-0.2, 0) is 22.5 Å². The maximum atomic E-state index is 11.8. The first kappa shape index (κ1) is 14.1. The molecule has 0 fully saturated rings. The van der Waals surface area contributed by atoms with Crippen molar-refractivity contribution in [3.8, 4) is 11.4 Å². The Morgan fingerprint density at radius 3 is 3.00 bits per heavy atom. The number of rotatable bonds is 2. The third kappa shape index (κ3) is 2.56. The fourth-order valence-electron chi connectivity index (χ4n) is 2.88. The van der Waals surface area contributed by atoms with Crippen molar-refractivity contribution in [2.24, 2.45) is 5.92 Å². The van der Waals surface area contributed by atoms with E-state index in [1.165, 1.54) is 12.7 Å². The Bertz CT molecular complexity index is 694. The van der Waals surface area contributed by atoms with Crippen LogP contribution in [0.2, 0.25) is 5.15 Å². The molecule has 0 spiro atoms. The van der Waals surface area contributed by atoms with Crippen LogP contribution in [0, 0.1) is 12.8 Å². The highest BCUT2D eigenvalue weighted by molar-refractivity contribution is 6.30. The molecule has 1 aliphatic heterocycles. The summed E-state index contributed by atoms with van der Waals surface area (Å²) >= 11 is 6.27. The molecule has 2 heterocycles. The number of aromatic nitrogens is 2. The summed E-state index contributed by atoms with van der Waals surface area (Å²) in [6.07, 6.45) is 1.50. The molecule has 1 atom stereocenters. The van der Waals surface area contributed by atoms with Gasteiger partial charge in [-0.05, 0) is 25.8 Å². The molecular weight excluding hydrogens is 288 g/mol. The summed E-state index contributed by atoms with van der Waals surface area (Å²) < 4.78 is 6.93. The zero-order valence-corrected chi connectivity index (χ0v) is 12.9. The van der Waals surface area contributed by atoms with Crippen molar-refractivity contribution in [2.45, 2.75) is 26.3 Å². The normalized spacial score (nSPS) is 17.4. The summed E-state index contributed by atoms with van der Waals surface area (Å²) in [5.74, 6) is 0.532. The quantitative estimate of drug-likeness (QED) is 0.800. The van der Waals surface area contributed by atoms with Gasteiger partial charge in [-0.2, -0.15) is 0 Å². The van der Waals surface area contributed by atoms with Crippen molar-refractivity contribution >= 4 is 17.6 Å². The second-order valence-electron chi connectivity index (χ2n) is 5.41. The number of carbonyl (C=O) groups excluding carboxylic acids is 1. The van der Waals surface area contributed by atoms with E-state index in [2.05, 4.69) is 15.6 Å². The van der Waals surface area contributed by atoms with Crippen LogP contribution in [0.1, 0.15) is 17.7 Å². The Kier molecular flexibility index (Phi) is 3.72. The first-order valence-corrected chi connectivity index (χ1v) is 7.37. The van der Waals surface area contributed by atoms with Gasteiger partial charge in [-0.15, -0.1) is 0 Å². The monoisotopic (exact) mass is 304 g/mol. The van der Waals surface area contributed by atoms with Crippen molar-refractivity contribution in [3.05, 3.63) is 40.7 Å². The summed E-state index contributed by atoms with van der Waals surface area (Å²) in [5, 5.41) is 0.537. The topological polar surface area (TPSA) is 44.1 Å². The summed E-state index contributed by atoms with van der Waals surface area (Å²) in [6.45, 7) is 2.62. The van der Waals surface area contributed by atoms with Crippen molar-refractivity contribution in [3.63, 3.8) is 0 Å². The van der Waals surface area contributed by atoms with Crippen LogP contribution in [0.5, 0.6) is 0 Å². The Morgan fingerprint density at radius 2 is 2.29 bits per heavy atom. The van der Waals surface area contributed by atoms with Crippen LogP contribution in [0.3, 0.4) is 0 Å². The number of benzene rings is 1. The maximum absolute atomic E-state index is 11.8. The molecule has 3 rings (SSSR count). The minimum absolute atomic E-state index is 0.128. The molecule has 0 aliphatic carbocycles. The number of nitrogens with zero attached hydrogens (tertiary/aromatic N) is 2. The zero-order chi connectivity index (χ0) is 15.0. The average molecular weight is 305 g/mol. The second kappa shape index (κ2) is 5.53. The molecule has 1 aromatic heterocycles. The molecule has 0 N–H and O–H groups in total. The molecule has 5 heteroatoms. The number of carbonyl (C=O) groups is 1. The number of imidazole rings is 1. The van der Waals surface area contributed by atoms with E-state index in [1.54, 1.807) is 0 Å². The van der Waals surface area contributed by atoms with Gasteiger partial charge in [0.25, 0.3) is 0 Å².